The number of esters is 4. The fourth-order valence-electron chi connectivity index (χ4n) is 12.8. The molecule has 19 heteroatoms. The molecule has 0 aliphatic carbocycles. The molecule has 17 nitrogen and oxygen atoms in total. The van der Waals surface area contributed by atoms with Crippen LogP contribution in [0.4, 0.5) is 0 Å². The summed E-state index contributed by atoms with van der Waals surface area (Å²) in [6.07, 6.45) is 69.2. The van der Waals surface area contributed by atoms with Gasteiger partial charge in [-0.1, -0.05) is 394 Å². The van der Waals surface area contributed by atoms with Gasteiger partial charge in [-0.05, 0) is 25.7 Å². The van der Waals surface area contributed by atoms with E-state index in [-0.39, 0.29) is 25.7 Å². The van der Waals surface area contributed by atoms with E-state index in [1.807, 2.05) is 0 Å². The summed E-state index contributed by atoms with van der Waals surface area (Å²) in [4.78, 5) is 73.1. The van der Waals surface area contributed by atoms with E-state index in [0.29, 0.717) is 25.7 Å². The van der Waals surface area contributed by atoms with Crippen molar-refractivity contribution in [1.29, 1.82) is 0 Å². The van der Waals surface area contributed by atoms with Crippen molar-refractivity contribution in [3.63, 3.8) is 0 Å². The van der Waals surface area contributed by atoms with Crippen molar-refractivity contribution in [1.82, 2.24) is 0 Å². The lowest BCUT2D eigenvalue weighted by molar-refractivity contribution is -0.161. The molecule has 2 unspecified atom stereocenters. The van der Waals surface area contributed by atoms with Crippen molar-refractivity contribution in [2.75, 3.05) is 39.6 Å². The van der Waals surface area contributed by atoms with E-state index < -0.39 is 97.5 Å². The molecule has 0 bridgehead atoms. The monoisotopic (exact) mass is 1480 g/mol. The smallest absolute Gasteiger partial charge is 0.462 e. The fraction of sp³-hybridized carbons (Fsp3) is 0.951. The highest BCUT2D eigenvalue weighted by Crippen LogP contribution is 2.45. The minimum Gasteiger partial charge on any atom is -0.462 e. The average molecular weight is 1480 g/mol. The van der Waals surface area contributed by atoms with Crippen LogP contribution in [0.1, 0.15) is 445 Å². The number of carbonyl (C=O) groups excluding carboxylic acids is 4. The van der Waals surface area contributed by atoms with E-state index in [0.717, 1.165) is 89.9 Å². The van der Waals surface area contributed by atoms with Gasteiger partial charge in [-0.25, -0.2) is 9.13 Å². The van der Waals surface area contributed by atoms with Gasteiger partial charge in [-0.2, -0.15) is 0 Å². The average Bonchev–Trinajstić information content (AvgIpc) is 1.07. The minimum atomic E-state index is -4.96. The predicted molar refractivity (Wildman–Crippen MR) is 414 cm³/mol. The Morgan fingerprint density at radius 3 is 0.584 bits per heavy atom. The molecule has 0 saturated heterocycles. The summed E-state index contributed by atoms with van der Waals surface area (Å²) in [5.41, 5.74) is 0. The zero-order chi connectivity index (χ0) is 73.9. The normalized spacial score (nSPS) is 13.8. The summed E-state index contributed by atoms with van der Waals surface area (Å²) >= 11 is 0. The first-order valence-corrected chi connectivity index (χ1v) is 45.8. The maximum Gasteiger partial charge on any atom is 0.472 e. The number of phosphoric acid groups is 2. The molecule has 0 rings (SSSR count). The van der Waals surface area contributed by atoms with Crippen LogP contribution in [-0.2, 0) is 65.4 Å². The van der Waals surface area contributed by atoms with Crippen LogP contribution < -0.4 is 0 Å². The quantitative estimate of drug-likeness (QED) is 0.0222. The van der Waals surface area contributed by atoms with E-state index in [1.54, 1.807) is 0 Å². The molecule has 0 amide bonds. The van der Waals surface area contributed by atoms with Gasteiger partial charge in [-0.15, -0.1) is 0 Å². The van der Waals surface area contributed by atoms with Crippen molar-refractivity contribution in [2.24, 2.45) is 0 Å². The Morgan fingerprint density at radius 2 is 0.396 bits per heavy atom. The first-order valence-electron chi connectivity index (χ1n) is 42.8. The molecule has 0 aliphatic rings. The van der Waals surface area contributed by atoms with Crippen molar-refractivity contribution >= 4 is 39.5 Å². The summed E-state index contributed by atoms with van der Waals surface area (Å²) in [5.74, 6) is -2.10. The Labute approximate surface area is 619 Å². The molecule has 0 fully saturated rings. The fourth-order valence-corrected chi connectivity index (χ4v) is 14.4. The highest BCUT2D eigenvalue weighted by Gasteiger charge is 2.30. The van der Waals surface area contributed by atoms with E-state index in [1.165, 1.54) is 276 Å². The molecule has 600 valence electrons. The first kappa shape index (κ1) is 99.1. The summed E-state index contributed by atoms with van der Waals surface area (Å²) in [6, 6.07) is 0. The topological polar surface area (TPSA) is 237 Å². The number of rotatable bonds is 83. The largest absolute Gasteiger partial charge is 0.472 e. The molecular formula is C82H160O17P2. The molecule has 0 radical (unpaired) electrons. The maximum absolute atomic E-state index is 13.1. The number of ether oxygens (including phenoxy) is 4. The third-order valence-electron chi connectivity index (χ3n) is 19.4. The second kappa shape index (κ2) is 76.3. The molecule has 101 heavy (non-hydrogen) atoms. The van der Waals surface area contributed by atoms with Crippen molar-refractivity contribution < 1.29 is 80.2 Å². The molecule has 0 spiro atoms. The number of phosphoric ester groups is 2. The molecule has 3 N–H and O–H groups in total. The van der Waals surface area contributed by atoms with E-state index >= 15 is 0 Å². The predicted octanol–water partition coefficient (Wildman–Crippen LogP) is 25.0. The Morgan fingerprint density at radius 1 is 0.238 bits per heavy atom. The van der Waals surface area contributed by atoms with Gasteiger partial charge >= 0.3 is 39.5 Å². The van der Waals surface area contributed by atoms with Crippen LogP contribution in [0, 0.1) is 0 Å². The van der Waals surface area contributed by atoms with Crippen molar-refractivity contribution in [3.05, 3.63) is 0 Å². The van der Waals surface area contributed by atoms with E-state index in [4.69, 9.17) is 37.0 Å². The highest BCUT2D eigenvalue weighted by atomic mass is 31.2. The number of hydrogen-bond donors (Lipinski definition) is 3. The molecule has 0 heterocycles. The van der Waals surface area contributed by atoms with Gasteiger partial charge < -0.3 is 33.8 Å². The third kappa shape index (κ3) is 76.1. The third-order valence-corrected chi connectivity index (χ3v) is 21.3. The van der Waals surface area contributed by atoms with Gasteiger partial charge in [0, 0.05) is 25.7 Å². The van der Waals surface area contributed by atoms with Crippen LogP contribution in [0.3, 0.4) is 0 Å². The maximum atomic E-state index is 13.1. The molecule has 0 aliphatic heterocycles. The summed E-state index contributed by atoms with van der Waals surface area (Å²) in [6.45, 7) is 5.04. The number of carbonyl (C=O) groups is 4. The van der Waals surface area contributed by atoms with Crippen LogP contribution in [0.2, 0.25) is 0 Å². The standard InChI is InChI=1S/C82H160O17P2/c1-5-9-13-17-21-25-29-32-35-37-39-42-45-49-53-57-61-65-69-82(87)99-78(73-93-80(85)67-63-59-55-51-47-43-41-38-36-33-30-26-22-18-14-10-6-2)75-97-101(90,91)95-71-76(83)70-94-100(88,89)96-74-77(72-92-79(84)66-62-58-54-50-46-28-24-20-16-12-8-4)98-81(86)68-64-60-56-52-48-44-40-34-31-27-23-19-15-11-7-3/h76-78,83H,5-75H2,1-4H3,(H,88,89)(H,90,91)/t76-,77+,78+/m0/s1. The molecule has 0 aromatic carbocycles. The van der Waals surface area contributed by atoms with Gasteiger partial charge in [0.2, 0.25) is 0 Å². The SMILES string of the molecule is CCCCCCCCCCCCCCCCCCCCC(=O)O[C@H](COC(=O)CCCCCCCCCCCCCCCCCCC)COP(=O)(O)OC[C@@H](O)COP(=O)(O)OC[C@@H](COC(=O)CCCCCCCCCCCCC)OC(=O)CCCCCCCCCCCCCCCCC. The zero-order valence-corrected chi connectivity index (χ0v) is 67.7. The Balaban J connectivity index is 5.24. The number of aliphatic hydroxyl groups is 1. The molecule has 0 aromatic heterocycles. The molecule has 0 aromatic rings. The van der Waals surface area contributed by atoms with Gasteiger partial charge in [0.25, 0.3) is 0 Å². The number of unbranched alkanes of at least 4 members (excludes halogenated alkanes) is 57. The Kier molecular flexibility index (Phi) is 74.8. The summed E-state index contributed by atoms with van der Waals surface area (Å²) in [5, 5.41) is 10.7. The lowest BCUT2D eigenvalue weighted by atomic mass is 10.0. The number of aliphatic hydroxyl groups excluding tert-OH is 1. The zero-order valence-electron chi connectivity index (χ0n) is 65.9. The second-order valence-corrected chi connectivity index (χ2v) is 32.4. The Hall–Kier alpha value is -1.94. The van der Waals surface area contributed by atoms with Gasteiger partial charge in [-0.3, -0.25) is 37.3 Å². The van der Waals surface area contributed by atoms with E-state index in [9.17, 15) is 43.2 Å². The second-order valence-electron chi connectivity index (χ2n) is 29.5. The lowest BCUT2D eigenvalue weighted by Crippen LogP contribution is -2.30. The van der Waals surface area contributed by atoms with Crippen LogP contribution in [0.15, 0.2) is 0 Å². The van der Waals surface area contributed by atoms with Crippen LogP contribution in [-0.4, -0.2) is 96.7 Å². The van der Waals surface area contributed by atoms with Crippen molar-refractivity contribution in [2.45, 2.75) is 463 Å². The molecule has 5 atom stereocenters. The van der Waals surface area contributed by atoms with Gasteiger partial charge in [0.15, 0.2) is 12.2 Å². The van der Waals surface area contributed by atoms with Gasteiger partial charge in [0.1, 0.15) is 19.3 Å². The lowest BCUT2D eigenvalue weighted by Gasteiger charge is -2.21. The van der Waals surface area contributed by atoms with Gasteiger partial charge in [0.05, 0.1) is 26.4 Å². The molecular weight excluding hydrogens is 1320 g/mol. The minimum absolute atomic E-state index is 0.109. The first-order chi connectivity index (χ1) is 49.2. The summed E-state index contributed by atoms with van der Waals surface area (Å²) < 4.78 is 68.8. The number of hydrogen-bond acceptors (Lipinski definition) is 15. The highest BCUT2D eigenvalue weighted by molar-refractivity contribution is 7.47. The Bertz CT molecular complexity index is 1910. The van der Waals surface area contributed by atoms with Crippen LogP contribution >= 0.6 is 15.6 Å². The van der Waals surface area contributed by atoms with Crippen molar-refractivity contribution in [3.8, 4) is 0 Å². The summed E-state index contributed by atoms with van der Waals surface area (Å²) in [7, 11) is -9.92. The van der Waals surface area contributed by atoms with Crippen LogP contribution in [0.25, 0.3) is 0 Å². The van der Waals surface area contributed by atoms with E-state index in [2.05, 4.69) is 27.7 Å². The molecule has 0 saturated carbocycles. The van der Waals surface area contributed by atoms with Crippen LogP contribution in [0.5, 0.6) is 0 Å².